The smallest absolute Gasteiger partial charge is 0.239 e. The van der Waals surface area contributed by atoms with Gasteiger partial charge in [0, 0.05) is 13.1 Å². The molecule has 4 nitrogen and oxygen atoms in total. The fourth-order valence-corrected chi connectivity index (χ4v) is 2.14. The Bertz CT molecular complexity index is 431. The molecule has 0 unspecified atom stereocenters. The lowest BCUT2D eigenvalue weighted by molar-refractivity contribution is -0.133. The number of rotatable bonds is 2. The first-order valence-corrected chi connectivity index (χ1v) is 5.97. The van der Waals surface area contributed by atoms with Crippen LogP contribution in [0.2, 0.25) is 0 Å². The zero-order valence-electron chi connectivity index (χ0n) is 10.0. The van der Waals surface area contributed by atoms with Crippen molar-refractivity contribution in [1.82, 2.24) is 4.90 Å². The predicted molar refractivity (Wildman–Crippen MR) is 65.5 cm³/mol. The third-order valence-electron chi connectivity index (χ3n) is 3.27. The van der Waals surface area contributed by atoms with Crippen LogP contribution in [0, 0.1) is 0 Å². The average Bonchev–Trinajstić information content (AvgIpc) is 2.36. The first kappa shape index (κ1) is 11.9. The van der Waals surface area contributed by atoms with Crippen molar-refractivity contribution in [2.24, 2.45) is 5.73 Å². The summed E-state index contributed by atoms with van der Waals surface area (Å²) in [4.78, 5) is 13.7. The van der Waals surface area contributed by atoms with Crippen LogP contribution in [-0.2, 0) is 17.8 Å². The van der Waals surface area contributed by atoms with Gasteiger partial charge in [-0.1, -0.05) is 13.0 Å². The molecule has 0 aliphatic carbocycles. The molecule has 2 rings (SSSR count). The van der Waals surface area contributed by atoms with Crippen LogP contribution in [0.1, 0.15) is 24.5 Å². The topological polar surface area (TPSA) is 66.6 Å². The second kappa shape index (κ2) is 4.75. The molecule has 4 heteroatoms. The molecule has 17 heavy (non-hydrogen) atoms. The summed E-state index contributed by atoms with van der Waals surface area (Å²) in [5.41, 5.74) is 7.98. The summed E-state index contributed by atoms with van der Waals surface area (Å²) in [6, 6.07) is 4.93. The second-order valence-electron chi connectivity index (χ2n) is 4.48. The van der Waals surface area contributed by atoms with Crippen LogP contribution in [0.25, 0.3) is 0 Å². The van der Waals surface area contributed by atoms with Gasteiger partial charge in [-0.25, -0.2) is 0 Å². The standard InChI is InChI=1S/C13H18N2O2/c1-2-12(14)13(17)15-6-5-9-3-4-11(16)7-10(9)8-15/h3-4,7,12,16H,2,5-6,8,14H2,1H3/t12-/m1/s1. The monoisotopic (exact) mass is 234 g/mol. The highest BCUT2D eigenvalue weighted by atomic mass is 16.3. The minimum Gasteiger partial charge on any atom is -0.508 e. The van der Waals surface area contributed by atoms with Crippen molar-refractivity contribution >= 4 is 5.91 Å². The lowest BCUT2D eigenvalue weighted by atomic mass is 9.99. The van der Waals surface area contributed by atoms with Gasteiger partial charge in [0.1, 0.15) is 5.75 Å². The number of nitrogens with two attached hydrogens (primary N) is 1. The van der Waals surface area contributed by atoms with Gasteiger partial charge in [-0.15, -0.1) is 0 Å². The molecule has 0 spiro atoms. The molecule has 1 aromatic rings. The van der Waals surface area contributed by atoms with Gasteiger partial charge in [0.25, 0.3) is 0 Å². The van der Waals surface area contributed by atoms with E-state index >= 15 is 0 Å². The van der Waals surface area contributed by atoms with Crippen LogP contribution < -0.4 is 5.73 Å². The van der Waals surface area contributed by atoms with Gasteiger partial charge in [0.05, 0.1) is 6.04 Å². The number of amides is 1. The zero-order valence-corrected chi connectivity index (χ0v) is 10.0. The summed E-state index contributed by atoms with van der Waals surface area (Å²) in [5.74, 6) is 0.249. The number of aromatic hydroxyl groups is 1. The Labute approximate surface area is 101 Å². The number of fused-ring (bicyclic) bond motifs is 1. The van der Waals surface area contributed by atoms with Crippen LogP contribution >= 0.6 is 0 Å². The van der Waals surface area contributed by atoms with E-state index in [-0.39, 0.29) is 11.7 Å². The lowest BCUT2D eigenvalue weighted by Crippen LogP contribution is -2.45. The van der Waals surface area contributed by atoms with Crippen molar-refractivity contribution in [3.63, 3.8) is 0 Å². The normalized spacial score (nSPS) is 16.5. The molecule has 1 heterocycles. The third kappa shape index (κ3) is 2.42. The number of benzene rings is 1. The Morgan fingerprint density at radius 3 is 3.00 bits per heavy atom. The van der Waals surface area contributed by atoms with Gasteiger partial charge in [0.15, 0.2) is 0 Å². The van der Waals surface area contributed by atoms with Gasteiger partial charge >= 0.3 is 0 Å². The zero-order chi connectivity index (χ0) is 12.4. The molecule has 92 valence electrons. The highest BCUT2D eigenvalue weighted by molar-refractivity contribution is 5.81. The highest BCUT2D eigenvalue weighted by Gasteiger charge is 2.24. The molecule has 0 fully saturated rings. The van der Waals surface area contributed by atoms with Gasteiger partial charge in [-0.2, -0.15) is 0 Å². The van der Waals surface area contributed by atoms with Gasteiger partial charge < -0.3 is 15.7 Å². The van der Waals surface area contributed by atoms with E-state index in [9.17, 15) is 9.90 Å². The van der Waals surface area contributed by atoms with E-state index in [2.05, 4.69) is 0 Å². The molecule has 0 saturated carbocycles. The number of carbonyl (C=O) groups excluding carboxylic acids is 1. The van der Waals surface area contributed by atoms with E-state index in [0.29, 0.717) is 19.5 Å². The summed E-state index contributed by atoms with van der Waals surface area (Å²) in [5, 5.41) is 9.44. The molecule has 1 aliphatic rings. The molecule has 1 amide bonds. The number of hydrogen-bond donors (Lipinski definition) is 2. The molecular weight excluding hydrogens is 216 g/mol. The lowest BCUT2D eigenvalue weighted by Gasteiger charge is -2.30. The first-order valence-electron chi connectivity index (χ1n) is 5.97. The molecule has 0 bridgehead atoms. The molecular formula is C13H18N2O2. The van der Waals surface area contributed by atoms with Crippen molar-refractivity contribution in [3.05, 3.63) is 29.3 Å². The Hall–Kier alpha value is -1.55. The number of carbonyl (C=O) groups is 1. The maximum Gasteiger partial charge on any atom is 0.239 e. The minimum atomic E-state index is -0.408. The molecule has 1 atom stereocenters. The van der Waals surface area contributed by atoms with Crippen LogP contribution in [-0.4, -0.2) is 28.5 Å². The van der Waals surface area contributed by atoms with Gasteiger partial charge in [-0.3, -0.25) is 4.79 Å². The molecule has 3 N–H and O–H groups in total. The van der Waals surface area contributed by atoms with Crippen molar-refractivity contribution in [2.45, 2.75) is 32.4 Å². The van der Waals surface area contributed by atoms with E-state index in [4.69, 9.17) is 5.73 Å². The summed E-state index contributed by atoms with van der Waals surface area (Å²) >= 11 is 0. The summed E-state index contributed by atoms with van der Waals surface area (Å²) < 4.78 is 0. The highest BCUT2D eigenvalue weighted by Crippen LogP contribution is 2.23. The second-order valence-corrected chi connectivity index (χ2v) is 4.48. The fourth-order valence-electron chi connectivity index (χ4n) is 2.14. The molecule has 1 aromatic carbocycles. The van der Waals surface area contributed by atoms with E-state index < -0.39 is 6.04 Å². The van der Waals surface area contributed by atoms with Crippen molar-refractivity contribution in [1.29, 1.82) is 0 Å². The minimum absolute atomic E-state index is 0.00138. The number of hydrogen-bond acceptors (Lipinski definition) is 3. The molecule has 0 aromatic heterocycles. The maximum atomic E-state index is 12.0. The van der Waals surface area contributed by atoms with Crippen LogP contribution in [0.15, 0.2) is 18.2 Å². The van der Waals surface area contributed by atoms with Crippen molar-refractivity contribution < 1.29 is 9.90 Å². The van der Waals surface area contributed by atoms with Crippen LogP contribution in [0.5, 0.6) is 5.75 Å². The van der Waals surface area contributed by atoms with E-state index in [1.54, 1.807) is 17.0 Å². The van der Waals surface area contributed by atoms with Crippen molar-refractivity contribution in [2.75, 3.05) is 6.54 Å². The Morgan fingerprint density at radius 2 is 2.29 bits per heavy atom. The third-order valence-corrected chi connectivity index (χ3v) is 3.27. The maximum absolute atomic E-state index is 12.0. The van der Waals surface area contributed by atoms with E-state index in [1.165, 1.54) is 5.56 Å². The van der Waals surface area contributed by atoms with Crippen molar-refractivity contribution in [3.8, 4) is 5.75 Å². The summed E-state index contributed by atoms with van der Waals surface area (Å²) in [6.45, 7) is 3.17. The predicted octanol–water partition coefficient (Wildman–Crippen LogP) is 1.01. The average molecular weight is 234 g/mol. The van der Waals surface area contributed by atoms with E-state index in [1.807, 2.05) is 13.0 Å². The first-order chi connectivity index (χ1) is 8.11. The quantitative estimate of drug-likeness (QED) is 0.802. The Kier molecular flexibility index (Phi) is 3.33. The number of phenols is 1. The molecule has 1 aliphatic heterocycles. The Morgan fingerprint density at radius 1 is 1.53 bits per heavy atom. The molecule has 0 saturated heterocycles. The number of phenolic OH excluding ortho intramolecular Hbond substituents is 1. The van der Waals surface area contributed by atoms with E-state index in [0.717, 1.165) is 12.0 Å². The fraction of sp³-hybridized carbons (Fsp3) is 0.462. The Balaban J connectivity index is 2.15. The summed E-state index contributed by atoms with van der Waals surface area (Å²) in [7, 11) is 0. The molecule has 0 radical (unpaired) electrons. The van der Waals surface area contributed by atoms with Crippen LogP contribution in [0.3, 0.4) is 0 Å². The summed E-state index contributed by atoms with van der Waals surface area (Å²) in [6.07, 6.45) is 1.49. The van der Waals surface area contributed by atoms with Gasteiger partial charge in [0.2, 0.25) is 5.91 Å². The number of nitrogens with zero attached hydrogens (tertiary/aromatic N) is 1. The van der Waals surface area contributed by atoms with Crippen LogP contribution in [0.4, 0.5) is 0 Å². The largest absolute Gasteiger partial charge is 0.508 e. The SMILES string of the molecule is CC[C@@H](N)C(=O)N1CCc2ccc(O)cc2C1. The van der Waals surface area contributed by atoms with Gasteiger partial charge in [-0.05, 0) is 36.1 Å².